The summed E-state index contributed by atoms with van der Waals surface area (Å²) in [6, 6.07) is 65.8. The largest absolute Gasteiger partial charge is 0.456 e. The van der Waals surface area contributed by atoms with Gasteiger partial charge < -0.3 is 8.83 Å². The molecule has 2 heteroatoms. The highest BCUT2D eigenvalue weighted by molar-refractivity contribution is 6.24. The van der Waals surface area contributed by atoms with Gasteiger partial charge in [0.1, 0.15) is 22.3 Å². The second-order valence-electron chi connectivity index (χ2n) is 14.4. The molecule has 0 atom stereocenters. The van der Waals surface area contributed by atoms with Gasteiger partial charge in [-0.25, -0.2) is 0 Å². The predicted molar refractivity (Wildman–Crippen MR) is 227 cm³/mol. The molecule has 54 heavy (non-hydrogen) atoms. The first kappa shape index (κ1) is 29.4. The molecule has 12 rings (SSSR count). The van der Waals surface area contributed by atoms with E-state index in [-0.39, 0.29) is 0 Å². The van der Waals surface area contributed by atoms with Crippen molar-refractivity contribution in [3.05, 3.63) is 182 Å². The Morgan fingerprint density at radius 1 is 0.259 bits per heavy atom. The zero-order valence-electron chi connectivity index (χ0n) is 29.1. The van der Waals surface area contributed by atoms with Crippen LogP contribution in [-0.4, -0.2) is 0 Å². The highest BCUT2D eigenvalue weighted by Gasteiger charge is 2.18. The number of benzene rings is 10. The maximum atomic E-state index is 6.61. The van der Waals surface area contributed by atoms with Crippen molar-refractivity contribution in [3.63, 3.8) is 0 Å². The van der Waals surface area contributed by atoms with Gasteiger partial charge in [-0.2, -0.15) is 0 Å². The molecule has 12 aromatic rings. The number of furan rings is 2. The van der Waals surface area contributed by atoms with Crippen molar-refractivity contribution in [2.24, 2.45) is 0 Å². The van der Waals surface area contributed by atoms with Crippen LogP contribution in [0.4, 0.5) is 0 Å². The first-order valence-corrected chi connectivity index (χ1v) is 18.5. The molecular formula is C52H30O2. The maximum Gasteiger partial charge on any atom is 0.147 e. The summed E-state index contributed by atoms with van der Waals surface area (Å²) in [7, 11) is 0. The van der Waals surface area contributed by atoms with Crippen molar-refractivity contribution in [2.75, 3.05) is 0 Å². The normalized spacial score (nSPS) is 12.1. The molecule has 2 heterocycles. The molecule has 0 radical (unpaired) electrons. The highest BCUT2D eigenvalue weighted by atomic mass is 16.3. The van der Waals surface area contributed by atoms with Crippen molar-refractivity contribution in [1.82, 2.24) is 0 Å². The van der Waals surface area contributed by atoms with Crippen LogP contribution in [-0.2, 0) is 0 Å². The summed E-state index contributed by atoms with van der Waals surface area (Å²) in [6.45, 7) is 0. The van der Waals surface area contributed by atoms with E-state index < -0.39 is 0 Å². The number of hydrogen-bond acceptors (Lipinski definition) is 2. The summed E-state index contributed by atoms with van der Waals surface area (Å²) in [5, 5.41) is 14.2. The first-order valence-electron chi connectivity index (χ1n) is 18.5. The molecule has 0 bridgehead atoms. The van der Waals surface area contributed by atoms with E-state index in [0.717, 1.165) is 49.3 Å². The molecule has 0 saturated heterocycles. The van der Waals surface area contributed by atoms with Crippen LogP contribution < -0.4 is 0 Å². The Kier molecular flexibility index (Phi) is 6.09. The molecule has 2 nitrogen and oxygen atoms in total. The van der Waals surface area contributed by atoms with Gasteiger partial charge in [0, 0.05) is 16.2 Å². The van der Waals surface area contributed by atoms with Gasteiger partial charge in [0.2, 0.25) is 0 Å². The zero-order chi connectivity index (χ0) is 35.3. The summed E-state index contributed by atoms with van der Waals surface area (Å²) in [5.74, 6) is 0. The minimum Gasteiger partial charge on any atom is -0.456 e. The summed E-state index contributed by atoms with van der Waals surface area (Å²) >= 11 is 0. The van der Waals surface area contributed by atoms with Gasteiger partial charge >= 0.3 is 0 Å². The SMILES string of the molecule is c1ccc(-c2c3ccccc3c(-c3ccc4cc(-c5ccc6cc7c(cc6c5)oc5c7ccc6oc7ccccc7c65)ccc4c3)c3ccccc23)cc1. The van der Waals surface area contributed by atoms with Crippen LogP contribution in [0.15, 0.2) is 191 Å². The first-order chi connectivity index (χ1) is 26.7. The summed E-state index contributed by atoms with van der Waals surface area (Å²) in [5.41, 5.74) is 10.9. The van der Waals surface area contributed by atoms with E-state index in [1.165, 1.54) is 71.1 Å². The Morgan fingerprint density at radius 3 is 1.48 bits per heavy atom. The molecule has 0 amide bonds. The van der Waals surface area contributed by atoms with Crippen molar-refractivity contribution >= 4 is 87.0 Å². The minimum absolute atomic E-state index is 0.848. The molecule has 0 N–H and O–H groups in total. The summed E-state index contributed by atoms with van der Waals surface area (Å²) in [6.07, 6.45) is 0. The third kappa shape index (κ3) is 4.28. The predicted octanol–water partition coefficient (Wildman–Crippen LogP) is 15.1. The van der Waals surface area contributed by atoms with Gasteiger partial charge in [-0.1, -0.05) is 133 Å². The molecule has 0 saturated carbocycles. The molecule has 10 aromatic carbocycles. The molecule has 250 valence electrons. The fraction of sp³-hybridized carbons (Fsp3) is 0. The second-order valence-corrected chi connectivity index (χ2v) is 14.4. The topological polar surface area (TPSA) is 26.3 Å². The standard InChI is InChI=1S/C52H30O2/c1-2-10-31(11-3-1)49-39-12-4-6-14-41(39)50(42-15-7-5-13-40(42)49)37-23-22-33-26-32(18-19-34(33)27-37)35-20-21-36-29-45-43-24-25-47-51(44-16-8-9-17-46(44)53-47)52(43)54-48(45)30-38(36)28-35/h1-30H. The molecule has 0 spiro atoms. The van der Waals surface area contributed by atoms with Crippen LogP contribution in [0.1, 0.15) is 0 Å². The smallest absolute Gasteiger partial charge is 0.147 e. The van der Waals surface area contributed by atoms with Crippen LogP contribution in [0.25, 0.3) is 120 Å². The van der Waals surface area contributed by atoms with Crippen molar-refractivity contribution in [2.45, 2.75) is 0 Å². The van der Waals surface area contributed by atoms with E-state index in [1.54, 1.807) is 0 Å². The van der Waals surface area contributed by atoms with Crippen LogP contribution in [0.3, 0.4) is 0 Å². The molecule has 0 aliphatic heterocycles. The average molecular weight is 687 g/mol. The lowest BCUT2D eigenvalue weighted by molar-refractivity contribution is 0.663. The van der Waals surface area contributed by atoms with Crippen molar-refractivity contribution in [3.8, 4) is 33.4 Å². The van der Waals surface area contributed by atoms with E-state index in [1.807, 2.05) is 12.1 Å². The Bertz CT molecular complexity index is 3430. The van der Waals surface area contributed by atoms with Crippen LogP contribution in [0, 0.1) is 0 Å². The van der Waals surface area contributed by atoms with Gasteiger partial charge in [0.15, 0.2) is 0 Å². The highest BCUT2D eigenvalue weighted by Crippen LogP contribution is 2.45. The lowest BCUT2D eigenvalue weighted by Gasteiger charge is -2.18. The Hall–Kier alpha value is -7.16. The maximum absolute atomic E-state index is 6.61. The molecule has 0 aliphatic carbocycles. The minimum atomic E-state index is 0.848. The van der Waals surface area contributed by atoms with Crippen LogP contribution in [0.2, 0.25) is 0 Å². The second kappa shape index (κ2) is 11.2. The lowest BCUT2D eigenvalue weighted by Crippen LogP contribution is -1.90. The van der Waals surface area contributed by atoms with Crippen molar-refractivity contribution in [1.29, 1.82) is 0 Å². The number of para-hydroxylation sites is 1. The van der Waals surface area contributed by atoms with Crippen molar-refractivity contribution < 1.29 is 8.83 Å². The summed E-state index contributed by atoms with van der Waals surface area (Å²) in [4.78, 5) is 0. The number of hydrogen-bond donors (Lipinski definition) is 0. The van der Waals surface area contributed by atoms with E-state index in [0.29, 0.717) is 0 Å². The zero-order valence-corrected chi connectivity index (χ0v) is 29.1. The van der Waals surface area contributed by atoms with E-state index in [2.05, 4.69) is 170 Å². The van der Waals surface area contributed by atoms with Crippen LogP contribution >= 0.6 is 0 Å². The van der Waals surface area contributed by atoms with Gasteiger partial charge in [0.05, 0.1) is 5.39 Å². The van der Waals surface area contributed by atoms with Gasteiger partial charge in [-0.05, 0) is 125 Å². The third-order valence-corrected chi connectivity index (χ3v) is 11.4. The molecule has 0 fully saturated rings. The van der Waals surface area contributed by atoms with Crippen LogP contribution in [0.5, 0.6) is 0 Å². The molecular weight excluding hydrogens is 657 g/mol. The molecule has 0 unspecified atom stereocenters. The van der Waals surface area contributed by atoms with E-state index in [9.17, 15) is 0 Å². The fourth-order valence-electron chi connectivity index (χ4n) is 8.90. The number of fused-ring (bicyclic) bond motifs is 11. The summed E-state index contributed by atoms with van der Waals surface area (Å²) < 4.78 is 12.8. The third-order valence-electron chi connectivity index (χ3n) is 11.4. The van der Waals surface area contributed by atoms with E-state index in [4.69, 9.17) is 8.83 Å². The average Bonchev–Trinajstić information content (AvgIpc) is 3.79. The Balaban J connectivity index is 0.970. The Morgan fingerprint density at radius 2 is 0.796 bits per heavy atom. The molecule has 2 aromatic heterocycles. The van der Waals surface area contributed by atoms with Gasteiger partial charge in [0.25, 0.3) is 0 Å². The van der Waals surface area contributed by atoms with E-state index >= 15 is 0 Å². The molecule has 0 aliphatic rings. The lowest BCUT2D eigenvalue weighted by atomic mass is 9.85. The number of rotatable bonds is 3. The van der Waals surface area contributed by atoms with Gasteiger partial charge in [-0.15, -0.1) is 0 Å². The quantitative estimate of drug-likeness (QED) is 0.173. The Labute approximate surface area is 310 Å². The monoisotopic (exact) mass is 686 g/mol. The fourth-order valence-corrected chi connectivity index (χ4v) is 8.90. The van der Waals surface area contributed by atoms with Gasteiger partial charge in [-0.3, -0.25) is 0 Å².